The van der Waals surface area contributed by atoms with E-state index in [2.05, 4.69) is 0 Å². The maximum absolute atomic E-state index is 9.22. The van der Waals surface area contributed by atoms with Gasteiger partial charge in [0.25, 0.3) is 0 Å². The van der Waals surface area contributed by atoms with Gasteiger partial charge in [-0.1, -0.05) is 0 Å². The molecular weight excluding hydrogens is 260 g/mol. The molecule has 1 heterocycles. The van der Waals surface area contributed by atoms with Crippen LogP contribution in [0.1, 0.15) is 24.8 Å². The molecule has 112 valence electrons. The lowest BCUT2D eigenvalue weighted by atomic mass is 10.2. The minimum absolute atomic E-state index is 0.0666. The number of aliphatic hydroxyl groups excluding tert-OH is 1. The Balaban J connectivity index is 2.04. The SMILES string of the molecule is COc1cc(CO)cc(OC)c1OCCC1CCCO1. The number of methoxy groups -OCH3 is 2. The van der Waals surface area contributed by atoms with Gasteiger partial charge in [-0.25, -0.2) is 0 Å². The van der Waals surface area contributed by atoms with Crippen LogP contribution in [-0.2, 0) is 11.3 Å². The van der Waals surface area contributed by atoms with Crippen LogP contribution in [-0.4, -0.2) is 38.6 Å². The fraction of sp³-hybridized carbons (Fsp3) is 0.600. The molecular formula is C15H22O5. The zero-order valence-corrected chi connectivity index (χ0v) is 12.1. The highest BCUT2D eigenvalue weighted by atomic mass is 16.5. The lowest BCUT2D eigenvalue weighted by Gasteiger charge is -2.16. The summed E-state index contributed by atoms with van der Waals surface area (Å²) in [4.78, 5) is 0. The van der Waals surface area contributed by atoms with Gasteiger partial charge in [-0.2, -0.15) is 0 Å². The molecule has 1 aromatic rings. The predicted molar refractivity (Wildman–Crippen MR) is 74.6 cm³/mol. The molecule has 1 aliphatic heterocycles. The second-order valence-electron chi connectivity index (χ2n) is 4.76. The first-order valence-corrected chi connectivity index (χ1v) is 6.88. The van der Waals surface area contributed by atoms with E-state index in [9.17, 15) is 5.11 Å². The van der Waals surface area contributed by atoms with Crippen LogP contribution >= 0.6 is 0 Å². The number of ether oxygens (including phenoxy) is 4. The van der Waals surface area contributed by atoms with Crippen molar-refractivity contribution in [1.82, 2.24) is 0 Å². The second kappa shape index (κ2) is 7.36. The topological polar surface area (TPSA) is 57.2 Å². The maximum atomic E-state index is 9.22. The van der Waals surface area contributed by atoms with Crippen LogP contribution in [0.3, 0.4) is 0 Å². The summed E-state index contributed by atoms with van der Waals surface area (Å²) in [6.45, 7) is 1.33. The molecule has 2 rings (SSSR count). The third kappa shape index (κ3) is 3.55. The number of aliphatic hydroxyl groups is 1. The highest BCUT2D eigenvalue weighted by Gasteiger charge is 2.18. The van der Waals surface area contributed by atoms with Crippen LogP contribution in [0.2, 0.25) is 0 Å². The maximum Gasteiger partial charge on any atom is 0.203 e. The van der Waals surface area contributed by atoms with E-state index in [1.165, 1.54) is 0 Å². The van der Waals surface area contributed by atoms with Crippen LogP contribution in [0.5, 0.6) is 17.2 Å². The van der Waals surface area contributed by atoms with Gasteiger partial charge in [-0.15, -0.1) is 0 Å². The summed E-state index contributed by atoms with van der Waals surface area (Å²) in [5.74, 6) is 1.71. The highest BCUT2D eigenvalue weighted by Crippen LogP contribution is 2.38. The van der Waals surface area contributed by atoms with E-state index in [1.807, 2.05) is 0 Å². The summed E-state index contributed by atoms with van der Waals surface area (Å²) in [7, 11) is 3.14. The van der Waals surface area contributed by atoms with E-state index in [0.717, 1.165) is 31.4 Å². The Morgan fingerprint density at radius 1 is 1.25 bits per heavy atom. The summed E-state index contributed by atoms with van der Waals surface area (Å²) in [6, 6.07) is 3.51. The van der Waals surface area contributed by atoms with Crippen molar-refractivity contribution in [3.8, 4) is 17.2 Å². The predicted octanol–water partition coefficient (Wildman–Crippen LogP) is 2.14. The number of rotatable bonds is 7. The average molecular weight is 282 g/mol. The Labute approximate surface area is 119 Å². The standard InChI is InChI=1S/C15H22O5/c1-17-13-8-11(10-16)9-14(18-2)15(13)20-7-5-12-4-3-6-19-12/h8-9,12,16H,3-7,10H2,1-2H3. The van der Waals surface area contributed by atoms with Gasteiger partial charge in [0.05, 0.1) is 33.5 Å². The van der Waals surface area contributed by atoms with Crippen LogP contribution in [0.4, 0.5) is 0 Å². The highest BCUT2D eigenvalue weighted by molar-refractivity contribution is 5.53. The molecule has 5 heteroatoms. The third-order valence-corrected chi connectivity index (χ3v) is 3.41. The quantitative estimate of drug-likeness (QED) is 0.830. The van der Waals surface area contributed by atoms with Crippen molar-refractivity contribution in [2.45, 2.75) is 32.0 Å². The van der Waals surface area contributed by atoms with Crippen molar-refractivity contribution >= 4 is 0 Å². The fourth-order valence-electron chi connectivity index (χ4n) is 2.33. The van der Waals surface area contributed by atoms with Gasteiger partial charge in [0.15, 0.2) is 11.5 Å². The monoisotopic (exact) mass is 282 g/mol. The zero-order chi connectivity index (χ0) is 14.4. The Morgan fingerprint density at radius 2 is 1.95 bits per heavy atom. The number of hydrogen-bond acceptors (Lipinski definition) is 5. The van der Waals surface area contributed by atoms with Crippen molar-refractivity contribution in [2.75, 3.05) is 27.4 Å². The van der Waals surface area contributed by atoms with Gasteiger partial charge in [0, 0.05) is 13.0 Å². The zero-order valence-electron chi connectivity index (χ0n) is 12.1. The molecule has 0 radical (unpaired) electrons. The number of benzene rings is 1. The third-order valence-electron chi connectivity index (χ3n) is 3.41. The first-order valence-electron chi connectivity index (χ1n) is 6.88. The smallest absolute Gasteiger partial charge is 0.203 e. The molecule has 0 amide bonds. The summed E-state index contributed by atoms with van der Waals surface area (Å²) < 4.78 is 22.0. The van der Waals surface area contributed by atoms with Crippen LogP contribution in [0.25, 0.3) is 0 Å². The molecule has 0 aliphatic carbocycles. The fourth-order valence-corrected chi connectivity index (χ4v) is 2.33. The van der Waals surface area contributed by atoms with Gasteiger partial charge in [-0.05, 0) is 30.5 Å². The molecule has 5 nitrogen and oxygen atoms in total. The Bertz CT molecular complexity index is 401. The van der Waals surface area contributed by atoms with Gasteiger partial charge in [0.2, 0.25) is 5.75 Å². The van der Waals surface area contributed by atoms with E-state index >= 15 is 0 Å². The average Bonchev–Trinajstić information content (AvgIpc) is 3.00. The Hall–Kier alpha value is -1.46. The molecule has 0 spiro atoms. The van der Waals surface area contributed by atoms with E-state index in [1.54, 1.807) is 26.4 Å². The van der Waals surface area contributed by atoms with E-state index < -0.39 is 0 Å². The first kappa shape index (κ1) is 14.9. The first-order chi connectivity index (χ1) is 9.78. The lowest BCUT2D eigenvalue weighted by molar-refractivity contribution is 0.0893. The van der Waals surface area contributed by atoms with E-state index in [4.69, 9.17) is 18.9 Å². The lowest BCUT2D eigenvalue weighted by Crippen LogP contribution is -2.11. The minimum Gasteiger partial charge on any atom is -0.493 e. The minimum atomic E-state index is -0.0666. The molecule has 1 fully saturated rings. The molecule has 1 saturated heterocycles. The molecule has 1 aliphatic rings. The summed E-state index contributed by atoms with van der Waals surface area (Å²) in [6.07, 6.45) is 3.38. The van der Waals surface area contributed by atoms with Gasteiger partial charge in [-0.3, -0.25) is 0 Å². The van der Waals surface area contributed by atoms with E-state index in [0.29, 0.717) is 30.0 Å². The summed E-state index contributed by atoms with van der Waals surface area (Å²) in [5.41, 5.74) is 0.727. The van der Waals surface area contributed by atoms with Crippen LogP contribution < -0.4 is 14.2 Å². The Kier molecular flexibility index (Phi) is 5.49. The molecule has 1 atom stereocenters. The van der Waals surface area contributed by atoms with Crippen LogP contribution in [0, 0.1) is 0 Å². The van der Waals surface area contributed by atoms with Crippen molar-refractivity contribution in [2.24, 2.45) is 0 Å². The van der Waals surface area contributed by atoms with Crippen molar-refractivity contribution in [1.29, 1.82) is 0 Å². The molecule has 20 heavy (non-hydrogen) atoms. The molecule has 0 saturated carbocycles. The van der Waals surface area contributed by atoms with Gasteiger partial charge in [0.1, 0.15) is 0 Å². The Morgan fingerprint density at radius 3 is 2.45 bits per heavy atom. The van der Waals surface area contributed by atoms with Crippen molar-refractivity contribution < 1.29 is 24.1 Å². The molecule has 0 bridgehead atoms. The van der Waals surface area contributed by atoms with Crippen molar-refractivity contribution in [3.63, 3.8) is 0 Å². The van der Waals surface area contributed by atoms with Gasteiger partial charge < -0.3 is 24.1 Å². The molecule has 1 unspecified atom stereocenters. The largest absolute Gasteiger partial charge is 0.493 e. The number of hydrogen-bond donors (Lipinski definition) is 1. The van der Waals surface area contributed by atoms with E-state index in [-0.39, 0.29) is 6.61 Å². The molecule has 1 aromatic carbocycles. The van der Waals surface area contributed by atoms with Crippen LogP contribution in [0.15, 0.2) is 12.1 Å². The molecule has 0 aromatic heterocycles. The van der Waals surface area contributed by atoms with Gasteiger partial charge >= 0.3 is 0 Å². The summed E-state index contributed by atoms with van der Waals surface area (Å²) >= 11 is 0. The molecule has 1 N–H and O–H groups in total. The summed E-state index contributed by atoms with van der Waals surface area (Å²) in [5, 5.41) is 9.22. The second-order valence-corrected chi connectivity index (χ2v) is 4.76. The van der Waals surface area contributed by atoms with Crippen molar-refractivity contribution in [3.05, 3.63) is 17.7 Å². The normalized spacial score (nSPS) is 18.1.